The number of carbonyl (C=O) groups excluding carboxylic acids is 2. The summed E-state index contributed by atoms with van der Waals surface area (Å²) >= 11 is 0. The fourth-order valence-electron chi connectivity index (χ4n) is 2.62. The summed E-state index contributed by atoms with van der Waals surface area (Å²) in [6.07, 6.45) is 1.70. The van der Waals surface area contributed by atoms with Crippen LogP contribution in [-0.4, -0.2) is 31.1 Å². The van der Waals surface area contributed by atoms with E-state index in [9.17, 15) is 9.59 Å². The molecular weight excluding hydrogens is 292 g/mol. The van der Waals surface area contributed by atoms with Crippen molar-refractivity contribution in [2.24, 2.45) is 5.41 Å². The van der Waals surface area contributed by atoms with Crippen LogP contribution in [0.1, 0.15) is 40.5 Å². The highest BCUT2D eigenvalue weighted by atomic mass is 16.5. The summed E-state index contributed by atoms with van der Waals surface area (Å²) in [5, 5.41) is 2.89. The van der Waals surface area contributed by atoms with E-state index >= 15 is 0 Å². The number of anilines is 2. The van der Waals surface area contributed by atoms with Crippen LogP contribution in [0.5, 0.6) is 0 Å². The lowest BCUT2D eigenvalue weighted by Gasteiger charge is -2.33. The maximum Gasteiger partial charge on any atom is 0.229 e. The topological polar surface area (TPSA) is 58.6 Å². The predicted octanol–water partition coefficient (Wildman–Crippen LogP) is 3.20. The van der Waals surface area contributed by atoms with Crippen molar-refractivity contribution in [3.63, 3.8) is 0 Å². The fraction of sp³-hybridized carbons (Fsp3) is 0.556. The van der Waals surface area contributed by atoms with E-state index in [4.69, 9.17) is 4.74 Å². The number of ether oxygens (including phenoxy) is 1. The van der Waals surface area contributed by atoms with E-state index in [1.165, 1.54) is 0 Å². The number of rotatable bonds is 3. The first-order valence-electron chi connectivity index (χ1n) is 8.08. The van der Waals surface area contributed by atoms with Crippen LogP contribution in [0, 0.1) is 5.41 Å². The minimum Gasteiger partial charge on any atom is -0.381 e. The molecule has 5 nitrogen and oxygen atoms in total. The standard InChI is InChI=1S/C18H26N2O3/c1-13(21)20(16-9-11-23-12-10-16)15-7-5-14(6-8-15)19-17(22)18(2,3)4/h5-8,16H,9-12H2,1-4H3,(H,19,22). The Hall–Kier alpha value is -1.88. The van der Waals surface area contributed by atoms with E-state index in [1.54, 1.807) is 6.92 Å². The van der Waals surface area contributed by atoms with Crippen molar-refractivity contribution in [3.8, 4) is 0 Å². The van der Waals surface area contributed by atoms with Crippen LogP contribution < -0.4 is 10.2 Å². The Morgan fingerprint density at radius 2 is 1.70 bits per heavy atom. The molecule has 5 heteroatoms. The van der Waals surface area contributed by atoms with Gasteiger partial charge in [0.15, 0.2) is 0 Å². The van der Waals surface area contributed by atoms with Crippen molar-refractivity contribution < 1.29 is 14.3 Å². The van der Waals surface area contributed by atoms with Gasteiger partial charge in [0.05, 0.1) is 0 Å². The van der Waals surface area contributed by atoms with Gasteiger partial charge in [-0.1, -0.05) is 20.8 Å². The molecule has 2 rings (SSSR count). The number of nitrogens with one attached hydrogen (secondary N) is 1. The summed E-state index contributed by atoms with van der Waals surface area (Å²) in [7, 11) is 0. The average molecular weight is 318 g/mol. The van der Waals surface area contributed by atoms with Gasteiger partial charge < -0.3 is 15.0 Å². The monoisotopic (exact) mass is 318 g/mol. The number of amides is 2. The summed E-state index contributed by atoms with van der Waals surface area (Å²) in [5.41, 5.74) is 1.16. The van der Waals surface area contributed by atoms with Crippen LogP contribution in [0.15, 0.2) is 24.3 Å². The Morgan fingerprint density at radius 1 is 1.13 bits per heavy atom. The van der Waals surface area contributed by atoms with Crippen molar-refractivity contribution in [2.75, 3.05) is 23.4 Å². The van der Waals surface area contributed by atoms with Crippen molar-refractivity contribution >= 4 is 23.2 Å². The first-order valence-corrected chi connectivity index (χ1v) is 8.08. The van der Waals surface area contributed by atoms with Gasteiger partial charge in [-0.15, -0.1) is 0 Å². The van der Waals surface area contributed by atoms with Gasteiger partial charge in [-0.3, -0.25) is 9.59 Å². The van der Waals surface area contributed by atoms with Crippen LogP contribution in [0.2, 0.25) is 0 Å². The normalized spacial score (nSPS) is 16.0. The van der Waals surface area contributed by atoms with Crippen molar-refractivity contribution in [1.82, 2.24) is 0 Å². The molecule has 0 radical (unpaired) electrons. The second-order valence-electron chi connectivity index (χ2n) is 6.98. The number of hydrogen-bond acceptors (Lipinski definition) is 3. The SMILES string of the molecule is CC(=O)N(c1ccc(NC(=O)C(C)(C)C)cc1)C1CCOCC1. The second-order valence-corrected chi connectivity index (χ2v) is 6.98. The van der Waals surface area contributed by atoms with E-state index in [0.29, 0.717) is 13.2 Å². The molecular formula is C18H26N2O3. The predicted molar refractivity (Wildman–Crippen MR) is 91.5 cm³/mol. The second kappa shape index (κ2) is 7.13. The summed E-state index contributed by atoms with van der Waals surface area (Å²) < 4.78 is 5.37. The summed E-state index contributed by atoms with van der Waals surface area (Å²) in [5.74, 6) is 0.00137. The lowest BCUT2D eigenvalue weighted by atomic mass is 9.95. The quantitative estimate of drug-likeness (QED) is 0.931. The number of hydrogen-bond donors (Lipinski definition) is 1. The molecule has 2 amide bonds. The molecule has 1 aliphatic heterocycles. The zero-order valence-electron chi connectivity index (χ0n) is 14.4. The molecule has 0 atom stereocenters. The van der Waals surface area contributed by atoms with Gasteiger partial charge in [0.25, 0.3) is 0 Å². The molecule has 0 bridgehead atoms. The van der Waals surface area contributed by atoms with Crippen LogP contribution in [0.4, 0.5) is 11.4 Å². The highest BCUT2D eigenvalue weighted by molar-refractivity contribution is 5.95. The Kier molecular flexibility index (Phi) is 5.42. The largest absolute Gasteiger partial charge is 0.381 e. The van der Waals surface area contributed by atoms with Crippen LogP contribution >= 0.6 is 0 Å². The van der Waals surface area contributed by atoms with E-state index < -0.39 is 5.41 Å². The molecule has 1 heterocycles. The zero-order valence-corrected chi connectivity index (χ0v) is 14.4. The van der Waals surface area contributed by atoms with Gasteiger partial charge in [0.2, 0.25) is 11.8 Å². The molecule has 1 aromatic rings. The first-order chi connectivity index (χ1) is 10.8. The van der Waals surface area contributed by atoms with Crippen LogP contribution in [0.3, 0.4) is 0 Å². The molecule has 23 heavy (non-hydrogen) atoms. The zero-order chi connectivity index (χ0) is 17.0. The summed E-state index contributed by atoms with van der Waals surface area (Å²) in [4.78, 5) is 25.9. The Labute approximate surface area is 138 Å². The molecule has 1 N–H and O–H groups in total. The summed E-state index contributed by atoms with van der Waals surface area (Å²) in [6, 6.07) is 7.63. The number of benzene rings is 1. The van der Waals surface area contributed by atoms with E-state index in [2.05, 4.69) is 5.32 Å². The van der Waals surface area contributed by atoms with Crippen molar-refractivity contribution in [1.29, 1.82) is 0 Å². The highest BCUT2D eigenvalue weighted by Crippen LogP contribution is 2.25. The van der Waals surface area contributed by atoms with Gasteiger partial charge in [-0.05, 0) is 37.1 Å². The highest BCUT2D eigenvalue weighted by Gasteiger charge is 2.25. The summed E-state index contributed by atoms with van der Waals surface area (Å²) in [6.45, 7) is 8.59. The van der Waals surface area contributed by atoms with Gasteiger partial charge in [0, 0.05) is 43.0 Å². The number of nitrogens with zero attached hydrogens (tertiary/aromatic N) is 1. The lowest BCUT2D eigenvalue weighted by molar-refractivity contribution is -0.123. The third kappa shape index (κ3) is 4.55. The minimum absolute atomic E-state index is 0.0295. The van der Waals surface area contributed by atoms with E-state index in [1.807, 2.05) is 49.9 Å². The van der Waals surface area contributed by atoms with Crippen LogP contribution in [0.25, 0.3) is 0 Å². The van der Waals surface area contributed by atoms with Crippen LogP contribution in [-0.2, 0) is 14.3 Å². The molecule has 1 fully saturated rings. The Balaban J connectivity index is 2.12. The smallest absolute Gasteiger partial charge is 0.229 e. The Morgan fingerprint density at radius 3 is 2.17 bits per heavy atom. The number of carbonyl (C=O) groups is 2. The molecule has 0 saturated carbocycles. The van der Waals surface area contributed by atoms with Gasteiger partial charge in [0.1, 0.15) is 0 Å². The molecule has 0 unspecified atom stereocenters. The third-order valence-electron chi connectivity index (χ3n) is 3.98. The third-order valence-corrected chi connectivity index (χ3v) is 3.98. The van der Waals surface area contributed by atoms with E-state index in [0.717, 1.165) is 24.2 Å². The first kappa shape index (κ1) is 17.5. The minimum atomic E-state index is -0.438. The molecule has 0 spiro atoms. The van der Waals surface area contributed by atoms with Gasteiger partial charge in [-0.2, -0.15) is 0 Å². The molecule has 1 aromatic carbocycles. The molecule has 1 aliphatic rings. The van der Waals surface area contributed by atoms with E-state index in [-0.39, 0.29) is 17.9 Å². The van der Waals surface area contributed by atoms with Gasteiger partial charge in [-0.25, -0.2) is 0 Å². The molecule has 0 aromatic heterocycles. The molecule has 126 valence electrons. The Bertz CT molecular complexity index is 555. The van der Waals surface area contributed by atoms with Crippen molar-refractivity contribution in [3.05, 3.63) is 24.3 Å². The fourth-order valence-corrected chi connectivity index (χ4v) is 2.62. The lowest BCUT2D eigenvalue weighted by Crippen LogP contribution is -2.42. The van der Waals surface area contributed by atoms with Crippen molar-refractivity contribution in [2.45, 2.75) is 46.6 Å². The average Bonchev–Trinajstić information content (AvgIpc) is 2.49. The molecule has 0 aliphatic carbocycles. The maximum atomic E-state index is 12.1. The maximum absolute atomic E-state index is 12.1. The van der Waals surface area contributed by atoms with Gasteiger partial charge >= 0.3 is 0 Å². The molecule has 1 saturated heterocycles.